The van der Waals surface area contributed by atoms with Crippen molar-refractivity contribution in [1.82, 2.24) is 5.32 Å². The van der Waals surface area contributed by atoms with E-state index in [-0.39, 0.29) is 0 Å². The lowest BCUT2D eigenvalue weighted by atomic mass is 10.1. The van der Waals surface area contributed by atoms with E-state index in [1.807, 2.05) is 0 Å². The van der Waals surface area contributed by atoms with Crippen LogP contribution in [0.2, 0.25) is 0 Å². The van der Waals surface area contributed by atoms with Crippen LogP contribution in [0.1, 0.15) is 23.6 Å². The van der Waals surface area contributed by atoms with E-state index >= 15 is 0 Å². The molecule has 21 heavy (non-hydrogen) atoms. The van der Waals surface area contributed by atoms with Gasteiger partial charge in [0.25, 0.3) is 0 Å². The Morgan fingerprint density at radius 1 is 1.00 bits per heavy atom. The fraction of sp³-hybridized carbons (Fsp3) is 0.368. The molecule has 2 aromatic carbocycles. The van der Waals surface area contributed by atoms with Gasteiger partial charge >= 0.3 is 0 Å². The third-order valence-corrected chi connectivity index (χ3v) is 4.22. The number of rotatable bonds is 6. The number of anilines is 1. The summed E-state index contributed by atoms with van der Waals surface area (Å²) in [4.78, 5) is 2.49. The molecule has 1 N–H and O–H groups in total. The maximum absolute atomic E-state index is 3.37. The molecular weight excluding hydrogens is 256 g/mol. The van der Waals surface area contributed by atoms with Crippen molar-refractivity contribution in [3.63, 3.8) is 0 Å². The Labute approximate surface area is 127 Å². The van der Waals surface area contributed by atoms with Gasteiger partial charge in [-0.15, -0.1) is 0 Å². The van der Waals surface area contributed by atoms with E-state index in [1.54, 1.807) is 0 Å². The van der Waals surface area contributed by atoms with Gasteiger partial charge in [0.15, 0.2) is 0 Å². The molecule has 0 saturated carbocycles. The minimum atomic E-state index is 1.02. The summed E-state index contributed by atoms with van der Waals surface area (Å²) < 4.78 is 0. The van der Waals surface area contributed by atoms with Gasteiger partial charge in [0.2, 0.25) is 0 Å². The van der Waals surface area contributed by atoms with Crippen molar-refractivity contribution >= 4 is 5.69 Å². The van der Waals surface area contributed by atoms with Crippen LogP contribution in [0.4, 0.5) is 5.69 Å². The number of likely N-dealkylation sites (N-methyl/N-ethyl adjacent to an activating group) is 1. The van der Waals surface area contributed by atoms with Crippen molar-refractivity contribution in [2.45, 2.75) is 26.3 Å². The average molecular weight is 280 g/mol. The quantitative estimate of drug-likeness (QED) is 0.816. The Bertz CT molecular complexity index is 574. The lowest BCUT2D eigenvalue weighted by molar-refractivity contribution is 0.716. The molecular formula is C19H24N2. The Kier molecular flexibility index (Phi) is 4.56. The minimum Gasteiger partial charge on any atom is -0.367 e. The van der Waals surface area contributed by atoms with Gasteiger partial charge in [0, 0.05) is 18.8 Å². The summed E-state index contributed by atoms with van der Waals surface area (Å²) in [6, 6.07) is 17.9. The molecule has 110 valence electrons. The highest BCUT2D eigenvalue weighted by Gasteiger charge is 2.17. The second kappa shape index (κ2) is 6.77. The van der Waals surface area contributed by atoms with Gasteiger partial charge in [-0.05, 0) is 48.7 Å². The number of hydrogen-bond donors (Lipinski definition) is 1. The Balaban J connectivity index is 1.61. The molecule has 2 nitrogen and oxygen atoms in total. The molecule has 0 amide bonds. The van der Waals surface area contributed by atoms with Gasteiger partial charge in [-0.25, -0.2) is 0 Å². The Morgan fingerprint density at radius 2 is 1.76 bits per heavy atom. The van der Waals surface area contributed by atoms with Crippen LogP contribution >= 0.6 is 0 Å². The maximum Gasteiger partial charge on any atom is 0.0429 e. The molecule has 1 heterocycles. The lowest BCUT2D eigenvalue weighted by Gasteiger charge is -2.19. The molecule has 0 radical (unpaired) electrons. The molecule has 0 unspecified atom stereocenters. The second-order valence-electron chi connectivity index (χ2n) is 5.72. The van der Waals surface area contributed by atoms with E-state index in [4.69, 9.17) is 0 Å². The van der Waals surface area contributed by atoms with Crippen molar-refractivity contribution in [3.8, 4) is 0 Å². The molecule has 1 aliphatic rings. The maximum atomic E-state index is 3.37. The molecule has 1 aliphatic heterocycles. The topological polar surface area (TPSA) is 15.3 Å². The molecule has 0 fully saturated rings. The number of nitrogens with one attached hydrogen (secondary N) is 1. The van der Waals surface area contributed by atoms with E-state index in [0.717, 1.165) is 32.6 Å². The normalized spacial score (nSPS) is 13.5. The van der Waals surface area contributed by atoms with Crippen molar-refractivity contribution < 1.29 is 0 Å². The van der Waals surface area contributed by atoms with Crippen molar-refractivity contribution in [1.29, 1.82) is 0 Å². The number of hydrogen-bond acceptors (Lipinski definition) is 2. The molecule has 0 saturated heterocycles. The first-order valence-electron chi connectivity index (χ1n) is 7.98. The van der Waals surface area contributed by atoms with Gasteiger partial charge in [-0.1, -0.05) is 49.4 Å². The monoisotopic (exact) mass is 280 g/mol. The summed E-state index contributed by atoms with van der Waals surface area (Å²) in [6.07, 6.45) is 2.29. The summed E-state index contributed by atoms with van der Waals surface area (Å²) in [6.45, 7) is 6.42. The van der Waals surface area contributed by atoms with Crippen LogP contribution in [0, 0.1) is 0 Å². The zero-order valence-corrected chi connectivity index (χ0v) is 12.8. The summed E-state index contributed by atoms with van der Waals surface area (Å²) in [5.41, 5.74) is 5.72. The number of nitrogens with zero attached hydrogens (tertiary/aromatic N) is 1. The number of para-hydroxylation sites is 1. The third-order valence-electron chi connectivity index (χ3n) is 4.22. The highest BCUT2D eigenvalue weighted by Crippen LogP contribution is 2.28. The van der Waals surface area contributed by atoms with Crippen LogP contribution in [0.3, 0.4) is 0 Å². The van der Waals surface area contributed by atoms with Crippen molar-refractivity contribution in [2.24, 2.45) is 0 Å². The molecule has 2 heteroatoms. The Morgan fingerprint density at radius 3 is 2.57 bits per heavy atom. The number of benzene rings is 2. The van der Waals surface area contributed by atoms with E-state index in [9.17, 15) is 0 Å². The first kappa shape index (κ1) is 14.2. The van der Waals surface area contributed by atoms with Gasteiger partial charge in [0.05, 0.1) is 0 Å². The minimum absolute atomic E-state index is 1.02. The van der Waals surface area contributed by atoms with Crippen LogP contribution in [-0.4, -0.2) is 19.6 Å². The standard InChI is InChI=1S/C19H24N2/c1-2-20-13-11-16-7-9-17(10-8-16)15-21-14-12-18-5-3-4-6-19(18)21/h3-10,20H,2,11-15H2,1H3. The first-order valence-corrected chi connectivity index (χ1v) is 7.98. The SMILES string of the molecule is CCNCCc1ccc(CN2CCc3ccccc32)cc1. The first-order chi connectivity index (χ1) is 10.4. The molecule has 2 aromatic rings. The third kappa shape index (κ3) is 3.45. The van der Waals surface area contributed by atoms with E-state index in [2.05, 4.69) is 65.7 Å². The van der Waals surface area contributed by atoms with Crippen LogP contribution in [0.5, 0.6) is 0 Å². The largest absolute Gasteiger partial charge is 0.367 e. The highest BCUT2D eigenvalue weighted by atomic mass is 15.1. The zero-order valence-electron chi connectivity index (χ0n) is 12.8. The molecule has 0 aromatic heterocycles. The predicted octanol–water partition coefficient (Wildman–Crippen LogP) is 3.40. The van der Waals surface area contributed by atoms with Crippen LogP contribution < -0.4 is 10.2 Å². The molecule has 0 bridgehead atoms. The molecule has 0 spiro atoms. The molecule has 3 rings (SSSR count). The molecule has 0 atom stereocenters. The van der Waals surface area contributed by atoms with Crippen LogP contribution in [-0.2, 0) is 19.4 Å². The average Bonchev–Trinajstić information content (AvgIpc) is 2.93. The number of fused-ring (bicyclic) bond motifs is 1. The van der Waals surface area contributed by atoms with Crippen molar-refractivity contribution in [2.75, 3.05) is 24.5 Å². The van der Waals surface area contributed by atoms with Crippen molar-refractivity contribution in [3.05, 3.63) is 65.2 Å². The van der Waals surface area contributed by atoms with E-state index in [0.29, 0.717) is 0 Å². The fourth-order valence-corrected chi connectivity index (χ4v) is 3.01. The van der Waals surface area contributed by atoms with Gasteiger partial charge in [-0.3, -0.25) is 0 Å². The molecule has 0 aliphatic carbocycles. The predicted molar refractivity (Wildman–Crippen MR) is 89.9 cm³/mol. The summed E-state index contributed by atoms with van der Waals surface area (Å²) >= 11 is 0. The van der Waals surface area contributed by atoms with Gasteiger partial charge in [-0.2, -0.15) is 0 Å². The second-order valence-corrected chi connectivity index (χ2v) is 5.72. The Hall–Kier alpha value is -1.80. The van der Waals surface area contributed by atoms with Crippen LogP contribution in [0.25, 0.3) is 0 Å². The smallest absolute Gasteiger partial charge is 0.0429 e. The van der Waals surface area contributed by atoms with E-state index in [1.165, 1.54) is 28.8 Å². The highest BCUT2D eigenvalue weighted by molar-refractivity contribution is 5.58. The van der Waals surface area contributed by atoms with E-state index < -0.39 is 0 Å². The summed E-state index contributed by atoms with van der Waals surface area (Å²) in [5, 5.41) is 3.37. The zero-order chi connectivity index (χ0) is 14.5. The van der Waals surface area contributed by atoms with Crippen LogP contribution in [0.15, 0.2) is 48.5 Å². The van der Waals surface area contributed by atoms with Gasteiger partial charge in [0.1, 0.15) is 0 Å². The lowest BCUT2D eigenvalue weighted by Crippen LogP contribution is -2.19. The fourth-order valence-electron chi connectivity index (χ4n) is 3.01. The van der Waals surface area contributed by atoms with Gasteiger partial charge < -0.3 is 10.2 Å². The summed E-state index contributed by atoms with van der Waals surface area (Å²) in [5.74, 6) is 0. The summed E-state index contributed by atoms with van der Waals surface area (Å²) in [7, 11) is 0.